The number of methoxy groups -OCH3 is 1. The van der Waals surface area contributed by atoms with Crippen LogP contribution in [0.3, 0.4) is 0 Å². The van der Waals surface area contributed by atoms with Crippen molar-refractivity contribution >= 4 is 17.8 Å². The fraction of sp³-hybridized carbons (Fsp3) is 0.583. The largest absolute Gasteiger partial charge is 0.497 e. The average Bonchev–Trinajstić information content (AvgIpc) is 2.87. The van der Waals surface area contributed by atoms with E-state index in [1.807, 2.05) is 58.2 Å². The smallest absolute Gasteiger partial charge is 0.293 e. The van der Waals surface area contributed by atoms with Crippen molar-refractivity contribution in [2.45, 2.75) is 47.1 Å². The van der Waals surface area contributed by atoms with E-state index in [0.29, 0.717) is 25.2 Å². The Labute approximate surface area is 197 Å². The Hall–Kier alpha value is -2.03. The van der Waals surface area contributed by atoms with Gasteiger partial charge in [0.15, 0.2) is 5.82 Å². The molecule has 0 saturated carbocycles. The highest BCUT2D eigenvalue weighted by atomic mass is 32.2. The monoisotopic (exact) mass is 464 g/mol. The molecule has 0 radical (unpaired) electrons. The molecule has 1 fully saturated rings. The predicted octanol–water partition coefficient (Wildman–Crippen LogP) is 3.68. The molecule has 1 saturated heterocycles. The molecule has 0 spiro atoms. The number of benzene rings is 1. The molecule has 180 valence electrons. The van der Waals surface area contributed by atoms with Gasteiger partial charge in [0.05, 0.1) is 19.3 Å². The Morgan fingerprint density at radius 1 is 1.06 bits per heavy atom. The van der Waals surface area contributed by atoms with Gasteiger partial charge in [-0.25, -0.2) is 9.29 Å². The number of hydrogen-bond donors (Lipinski definition) is 1. The number of aryl methyl sites for hydroxylation is 1. The Kier molecular flexibility index (Phi) is 13.8. The van der Waals surface area contributed by atoms with Crippen LogP contribution in [0, 0.1) is 0 Å². The molecule has 0 unspecified atom stereocenters. The maximum Gasteiger partial charge on any atom is 0.293 e. The van der Waals surface area contributed by atoms with E-state index in [4.69, 9.17) is 4.74 Å². The van der Waals surface area contributed by atoms with Gasteiger partial charge in [0, 0.05) is 39.0 Å². The van der Waals surface area contributed by atoms with Crippen LogP contribution in [0.15, 0.2) is 35.3 Å². The number of aromatic nitrogens is 2. The van der Waals surface area contributed by atoms with Gasteiger partial charge in [-0.2, -0.15) is 0 Å². The molecule has 32 heavy (non-hydrogen) atoms. The summed E-state index contributed by atoms with van der Waals surface area (Å²) in [7, 11) is 1.64. The van der Waals surface area contributed by atoms with Gasteiger partial charge < -0.3 is 19.3 Å². The molecule has 1 aromatic carbocycles. The van der Waals surface area contributed by atoms with Crippen molar-refractivity contribution in [1.29, 1.82) is 0 Å². The zero-order valence-electron chi connectivity index (χ0n) is 20.5. The van der Waals surface area contributed by atoms with Crippen LogP contribution in [0.25, 0.3) is 0 Å². The molecule has 0 bridgehead atoms. The molecule has 1 aromatic heterocycles. The second-order valence-corrected chi connectivity index (χ2v) is 7.64. The minimum absolute atomic E-state index is 0.0684. The second-order valence-electron chi connectivity index (χ2n) is 6.76. The lowest BCUT2D eigenvalue weighted by Crippen LogP contribution is -2.46. The van der Waals surface area contributed by atoms with Crippen molar-refractivity contribution in [3.63, 3.8) is 0 Å². The van der Waals surface area contributed by atoms with E-state index >= 15 is 0 Å². The zero-order chi connectivity index (χ0) is 23.9. The van der Waals surface area contributed by atoms with Crippen LogP contribution in [0.1, 0.15) is 45.4 Å². The summed E-state index contributed by atoms with van der Waals surface area (Å²) in [6.45, 7) is 12.0. The van der Waals surface area contributed by atoms with Crippen molar-refractivity contribution in [3.05, 3.63) is 52.1 Å². The average molecular weight is 465 g/mol. The summed E-state index contributed by atoms with van der Waals surface area (Å²) in [4.78, 5) is 19.9. The van der Waals surface area contributed by atoms with E-state index in [9.17, 15) is 9.90 Å². The molecule has 2 heterocycles. The van der Waals surface area contributed by atoms with E-state index in [2.05, 4.69) is 20.4 Å². The van der Waals surface area contributed by atoms with Crippen LogP contribution in [-0.2, 0) is 13.0 Å². The molecule has 1 aliphatic heterocycles. The lowest BCUT2D eigenvalue weighted by Gasteiger charge is -2.33. The van der Waals surface area contributed by atoms with E-state index in [1.165, 1.54) is 0 Å². The van der Waals surface area contributed by atoms with E-state index in [-0.39, 0.29) is 12.2 Å². The van der Waals surface area contributed by atoms with Crippen molar-refractivity contribution in [3.8, 4) is 5.75 Å². The minimum atomic E-state index is -0.0684. The quantitative estimate of drug-likeness (QED) is 0.598. The molecular weight excluding hydrogens is 424 g/mol. The highest BCUT2D eigenvalue weighted by Gasteiger charge is 2.21. The molecule has 8 heteroatoms. The van der Waals surface area contributed by atoms with E-state index in [0.717, 1.165) is 43.2 Å². The summed E-state index contributed by atoms with van der Waals surface area (Å²) >= 11 is 1.73. The molecule has 0 aliphatic carbocycles. The van der Waals surface area contributed by atoms with Crippen LogP contribution >= 0.6 is 11.9 Å². The molecule has 0 atom stereocenters. The number of rotatable bonds is 8. The zero-order valence-corrected chi connectivity index (χ0v) is 21.3. The fourth-order valence-corrected chi connectivity index (χ4v) is 3.82. The molecule has 0 amide bonds. The lowest BCUT2D eigenvalue weighted by atomic mass is 10.2. The maximum atomic E-state index is 13.1. The van der Waals surface area contributed by atoms with Gasteiger partial charge in [-0.15, -0.1) is 0 Å². The second kappa shape index (κ2) is 15.7. The van der Waals surface area contributed by atoms with Gasteiger partial charge in [0.2, 0.25) is 0 Å². The first-order chi connectivity index (χ1) is 15.6. The van der Waals surface area contributed by atoms with Crippen LogP contribution in [0.2, 0.25) is 0 Å². The van der Waals surface area contributed by atoms with Crippen LogP contribution in [0.4, 0.5) is 5.82 Å². The molecule has 3 rings (SSSR count). The van der Waals surface area contributed by atoms with Gasteiger partial charge >= 0.3 is 0 Å². The molecule has 1 N–H and O–H groups in total. The highest BCUT2D eigenvalue weighted by Crippen LogP contribution is 2.16. The first-order valence-electron chi connectivity index (χ1n) is 11.5. The topological polar surface area (TPSA) is 70.8 Å². The van der Waals surface area contributed by atoms with E-state index < -0.39 is 0 Å². The number of aliphatic hydroxyl groups is 1. The highest BCUT2D eigenvalue weighted by molar-refractivity contribution is 7.96. The summed E-state index contributed by atoms with van der Waals surface area (Å²) in [5.74, 6) is 1.31. The molecule has 1 aliphatic rings. The third kappa shape index (κ3) is 8.15. The first-order valence-corrected chi connectivity index (χ1v) is 12.7. The third-order valence-electron chi connectivity index (χ3n) is 4.91. The molecule has 7 nitrogen and oxygen atoms in total. The van der Waals surface area contributed by atoms with Gasteiger partial charge in [-0.05, 0) is 36.8 Å². The standard InChI is InChI=1S/C20H28N4O3S.2C2H6/c1-27-18-7-5-16(6-8-18)14-23-15-17(4-3-13-25)21-19(20(23)26)22-9-11-24(28-2)12-10-22;2*1-2/h5-8,15,25H,3-4,9-14H2,1-2H3;2*1-2H3. The van der Waals surface area contributed by atoms with Crippen molar-refractivity contribution < 1.29 is 9.84 Å². The maximum absolute atomic E-state index is 13.1. The summed E-state index contributed by atoms with van der Waals surface area (Å²) in [5.41, 5.74) is 1.80. The number of ether oxygens (including phenoxy) is 1. The van der Waals surface area contributed by atoms with E-state index in [1.54, 1.807) is 23.6 Å². The summed E-state index contributed by atoms with van der Waals surface area (Å²) in [6.07, 6.45) is 5.18. The number of anilines is 1. The van der Waals surface area contributed by atoms with Gasteiger partial charge in [0.25, 0.3) is 5.56 Å². The normalized spacial score (nSPS) is 13.5. The van der Waals surface area contributed by atoms with Crippen LogP contribution in [0.5, 0.6) is 5.75 Å². The molecule has 2 aromatic rings. The number of aliphatic hydroxyl groups excluding tert-OH is 1. The van der Waals surface area contributed by atoms with Gasteiger partial charge in [0.1, 0.15) is 5.75 Å². The summed E-state index contributed by atoms with van der Waals surface area (Å²) < 4.78 is 9.24. The summed E-state index contributed by atoms with van der Waals surface area (Å²) in [6, 6.07) is 7.74. The predicted molar refractivity (Wildman–Crippen MR) is 136 cm³/mol. The van der Waals surface area contributed by atoms with Gasteiger partial charge in [-0.3, -0.25) is 4.79 Å². The number of piperazine rings is 1. The Balaban J connectivity index is 0.00000121. The third-order valence-corrected chi connectivity index (χ3v) is 5.79. The van der Waals surface area contributed by atoms with Crippen molar-refractivity contribution in [1.82, 2.24) is 13.9 Å². The molecular formula is C24H40N4O3S. The minimum Gasteiger partial charge on any atom is -0.497 e. The van der Waals surface area contributed by atoms with Crippen molar-refractivity contribution in [2.75, 3.05) is 51.1 Å². The Morgan fingerprint density at radius 2 is 1.69 bits per heavy atom. The van der Waals surface area contributed by atoms with Crippen molar-refractivity contribution in [2.24, 2.45) is 0 Å². The van der Waals surface area contributed by atoms with Crippen LogP contribution in [-0.4, -0.2) is 65.1 Å². The number of nitrogens with zero attached hydrogens (tertiary/aromatic N) is 4. The SMILES string of the molecule is CC.CC.COc1ccc(Cn2cc(CCCO)nc(N3CCN(SC)CC3)c2=O)cc1. The summed E-state index contributed by atoms with van der Waals surface area (Å²) in [5, 5.41) is 9.18. The first kappa shape index (κ1) is 28.0. The Bertz CT molecular complexity index is 819. The lowest BCUT2D eigenvalue weighted by molar-refractivity contribution is 0.288. The number of hydrogen-bond acceptors (Lipinski definition) is 7. The fourth-order valence-electron chi connectivity index (χ4n) is 3.29. The van der Waals surface area contributed by atoms with Crippen LogP contribution < -0.4 is 15.2 Å². The Morgan fingerprint density at radius 3 is 2.22 bits per heavy atom. The van der Waals surface area contributed by atoms with Gasteiger partial charge in [-0.1, -0.05) is 51.8 Å².